The summed E-state index contributed by atoms with van der Waals surface area (Å²) < 4.78 is 5.54. The van der Waals surface area contributed by atoms with Gasteiger partial charge >= 0.3 is 0 Å². The molecular weight excluding hydrogens is 188 g/mol. The molecule has 0 saturated heterocycles. The Balaban J connectivity index is 2.75. The monoisotopic (exact) mass is 208 g/mol. The van der Waals surface area contributed by atoms with Crippen molar-refractivity contribution in [1.29, 1.82) is 0 Å². The Bertz CT molecular complexity index is 310. The molecule has 0 aliphatic heterocycles. The molecule has 0 aromatic heterocycles. The zero-order valence-electron chi connectivity index (χ0n) is 9.71. The van der Waals surface area contributed by atoms with Crippen LogP contribution in [0.15, 0.2) is 18.2 Å². The van der Waals surface area contributed by atoms with E-state index >= 15 is 0 Å². The van der Waals surface area contributed by atoms with Crippen LogP contribution in [0.1, 0.15) is 27.2 Å². The Morgan fingerprint density at radius 3 is 2.67 bits per heavy atom. The van der Waals surface area contributed by atoms with Gasteiger partial charge in [0, 0.05) is 29.5 Å². The number of hydrogen-bond donors (Lipinski definition) is 2. The summed E-state index contributed by atoms with van der Waals surface area (Å²) in [5.74, 6) is 0.833. The Kier molecular flexibility index (Phi) is 4.28. The SMILES string of the molecule is CCCOc1cc(N)cc(NC(C)C)c1. The zero-order chi connectivity index (χ0) is 11.3. The predicted octanol–water partition coefficient (Wildman–Crippen LogP) is 2.88. The fourth-order valence-electron chi connectivity index (χ4n) is 1.34. The van der Waals surface area contributed by atoms with E-state index in [0.29, 0.717) is 6.04 Å². The van der Waals surface area contributed by atoms with E-state index in [1.54, 1.807) is 0 Å². The van der Waals surface area contributed by atoms with Crippen LogP contribution in [0.2, 0.25) is 0 Å². The minimum atomic E-state index is 0.394. The van der Waals surface area contributed by atoms with Gasteiger partial charge in [-0.05, 0) is 26.3 Å². The third kappa shape index (κ3) is 4.11. The Labute approximate surface area is 91.6 Å². The summed E-state index contributed by atoms with van der Waals surface area (Å²) >= 11 is 0. The Hall–Kier alpha value is -1.38. The van der Waals surface area contributed by atoms with Gasteiger partial charge in [-0.2, -0.15) is 0 Å². The van der Waals surface area contributed by atoms with Crippen molar-refractivity contribution >= 4 is 11.4 Å². The van der Waals surface area contributed by atoms with Crippen LogP contribution in [0.25, 0.3) is 0 Å². The molecule has 15 heavy (non-hydrogen) atoms. The van der Waals surface area contributed by atoms with Crippen LogP contribution in [0.5, 0.6) is 5.75 Å². The molecule has 0 fully saturated rings. The molecule has 84 valence electrons. The standard InChI is InChI=1S/C12H20N2O/c1-4-5-15-12-7-10(13)6-11(8-12)14-9(2)3/h6-9,14H,4-5,13H2,1-3H3. The van der Waals surface area contributed by atoms with E-state index in [4.69, 9.17) is 10.5 Å². The number of nitrogen functional groups attached to an aromatic ring is 1. The average molecular weight is 208 g/mol. The molecule has 3 heteroatoms. The smallest absolute Gasteiger partial charge is 0.123 e. The first-order valence-corrected chi connectivity index (χ1v) is 5.41. The quantitative estimate of drug-likeness (QED) is 0.731. The molecule has 0 atom stereocenters. The summed E-state index contributed by atoms with van der Waals surface area (Å²) in [7, 11) is 0. The number of anilines is 2. The lowest BCUT2D eigenvalue weighted by atomic mass is 10.2. The number of ether oxygens (including phenoxy) is 1. The average Bonchev–Trinajstić information content (AvgIpc) is 2.12. The molecule has 0 spiro atoms. The molecule has 0 amide bonds. The summed E-state index contributed by atoms with van der Waals surface area (Å²) in [4.78, 5) is 0. The van der Waals surface area contributed by atoms with Gasteiger partial charge in [-0.3, -0.25) is 0 Å². The van der Waals surface area contributed by atoms with Gasteiger partial charge < -0.3 is 15.8 Å². The molecule has 0 aliphatic carbocycles. The summed E-state index contributed by atoms with van der Waals surface area (Å²) in [6.45, 7) is 7.00. The largest absolute Gasteiger partial charge is 0.493 e. The zero-order valence-corrected chi connectivity index (χ0v) is 9.71. The van der Waals surface area contributed by atoms with E-state index in [-0.39, 0.29) is 0 Å². The highest BCUT2D eigenvalue weighted by atomic mass is 16.5. The van der Waals surface area contributed by atoms with E-state index in [1.165, 1.54) is 0 Å². The van der Waals surface area contributed by atoms with Gasteiger partial charge in [-0.1, -0.05) is 6.92 Å². The maximum atomic E-state index is 5.79. The lowest BCUT2D eigenvalue weighted by molar-refractivity contribution is 0.318. The fourth-order valence-corrected chi connectivity index (χ4v) is 1.34. The van der Waals surface area contributed by atoms with Crippen molar-refractivity contribution in [3.63, 3.8) is 0 Å². The maximum Gasteiger partial charge on any atom is 0.123 e. The van der Waals surface area contributed by atoms with Gasteiger partial charge in [0.25, 0.3) is 0 Å². The first-order chi connectivity index (χ1) is 7.11. The number of benzene rings is 1. The molecule has 0 unspecified atom stereocenters. The van der Waals surface area contributed by atoms with Crippen molar-refractivity contribution in [2.75, 3.05) is 17.7 Å². The minimum Gasteiger partial charge on any atom is -0.493 e. The number of rotatable bonds is 5. The number of hydrogen-bond acceptors (Lipinski definition) is 3. The normalized spacial score (nSPS) is 10.4. The van der Waals surface area contributed by atoms with Crippen LogP contribution < -0.4 is 15.8 Å². The van der Waals surface area contributed by atoms with Gasteiger partial charge in [-0.15, -0.1) is 0 Å². The van der Waals surface area contributed by atoms with E-state index in [0.717, 1.165) is 30.2 Å². The predicted molar refractivity (Wildman–Crippen MR) is 65.4 cm³/mol. The molecule has 3 nitrogen and oxygen atoms in total. The van der Waals surface area contributed by atoms with Gasteiger partial charge in [-0.25, -0.2) is 0 Å². The van der Waals surface area contributed by atoms with Crippen molar-refractivity contribution in [3.8, 4) is 5.75 Å². The number of nitrogens with one attached hydrogen (secondary N) is 1. The molecule has 1 aromatic carbocycles. The van der Waals surface area contributed by atoms with E-state index < -0.39 is 0 Å². The second-order valence-corrected chi connectivity index (χ2v) is 3.94. The van der Waals surface area contributed by atoms with Gasteiger partial charge in [0.05, 0.1) is 6.61 Å². The molecule has 1 rings (SSSR count). The third-order valence-corrected chi connectivity index (χ3v) is 1.86. The highest BCUT2D eigenvalue weighted by molar-refractivity contribution is 5.59. The Morgan fingerprint density at radius 1 is 1.33 bits per heavy atom. The van der Waals surface area contributed by atoms with Crippen LogP contribution >= 0.6 is 0 Å². The van der Waals surface area contributed by atoms with Crippen LogP contribution in [0.4, 0.5) is 11.4 Å². The van der Waals surface area contributed by atoms with Gasteiger partial charge in [0.2, 0.25) is 0 Å². The number of nitrogens with two attached hydrogens (primary N) is 1. The molecule has 0 saturated carbocycles. The molecule has 0 bridgehead atoms. The molecule has 0 aliphatic rings. The van der Waals surface area contributed by atoms with Gasteiger partial charge in [0.1, 0.15) is 5.75 Å². The first-order valence-electron chi connectivity index (χ1n) is 5.41. The molecule has 1 aromatic rings. The molecule has 0 heterocycles. The fraction of sp³-hybridized carbons (Fsp3) is 0.500. The van der Waals surface area contributed by atoms with Crippen molar-refractivity contribution in [2.24, 2.45) is 0 Å². The summed E-state index contributed by atoms with van der Waals surface area (Å²) in [6, 6.07) is 6.14. The molecular formula is C12H20N2O. The van der Waals surface area contributed by atoms with Crippen LogP contribution in [-0.4, -0.2) is 12.6 Å². The summed E-state index contributed by atoms with van der Waals surface area (Å²) in [5, 5.41) is 3.30. The molecule has 0 radical (unpaired) electrons. The van der Waals surface area contributed by atoms with E-state index in [1.807, 2.05) is 18.2 Å². The first kappa shape index (κ1) is 11.7. The van der Waals surface area contributed by atoms with E-state index in [2.05, 4.69) is 26.1 Å². The summed E-state index contributed by atoms with van der Waals surface area (Å²) in [5.41, 5.74) is 7.53. The Morgan fingerprint density at radius 2 is 2.07 bits per heavy atom. The molecule has 3 N–H and O–H groups in total. The van der Waals surface area contributed by atoms with Crippen molar-refractivity contribution < 1.29 is 4.74 Å². The van der Waals surface area contributed by atoms with E-state index in [9.17, 15) is 0 Å². The maximum absolute atomic E-state index is 5.79. The van der Waals surface area contributed by atoms with Crippen molar-refractivity contribution in [1.82, 2.24) is 0 Å². The van der Waals surface area contributed by atoms with Crippen LogP contribution in [0.3, 0.4) is 0 Å². The topological polar surface area (TPSA) is 47.3 Å². The lowest BCUT2D eigenvalue weighted by Crippen LogP contribution is -2.10. The minimum absolute atomic E-state index is 0.394. The van der Waals surface area contributed by atoms with Crippen LogP contribution in [0, 0.1) is 0 Å². The van der Waals surface area contributed by atoms with Crippen molar-refractivity contribution in [3.05, 3.63) is 18.2 Å². The highest BCUT2D eigenvalue weighted by Crippen LogP contribution is 2.23. The third-order valence-electron chi connectivity index (χ3n) is 1.86. The second kappa shape index (κ2) is 5.49. The van der Waals surface area contributed by atoms with Crippen molar-refractivity contribution in [2.45, 2.75) is 33.2 Å². The second-order valence-electron chi connectivity index (χ2n) is 3.94. The van der Waals surface area contributed by atoms with Crippen LogP contribution in [-0.2, 0) is 0 Å². The lowest BCUT2D eigenvalue weighted by Gasteiger charge is -2.13. The van der Waals surface area contributed by atoms with Gasteiger partial charge in [0.15, 0.2) is 0 Å². The summed E-state index contributed by atoms with van der Waals surface area (Å²) in [6.07, 6.45) is 1.00. The highest BCUT2D eigenvalue weighted by Gasteiger charge is 2.01.